The third-order valence-electron chi connectivity index (χ3n) is 3.59. The third-order valence-corrected chi connectivity index (χ3v) is 5.33. The van der Waals surface area contributed by atoms with Crippen LogP contribution < -0.4 is 0 Å². The van der Waals surface area contributed by atoms with E-state index in [1.54, 1.807) is 17.8 Å². The number of halogens is 1. The van der Waals surface area contributed by atoms with Crippen molar-refractivity contribution >= 4 is 39.4 Å². The van der Waals surface area contributed by atoms with Gasteiger partial charge < -0.3 is 4.74 Å². The van der Waals surface area contributed by atoms with Crippen molar-refractivity contribution in [3.05, 3.63) is 45.6 Å². The number of aryl methyl sites for hydroxylation is 1. The molecule has 0 fully saturated rings. The van der Waals surface area contributed by atoms with Crippen molar-refractivity contribution in [1.29, 1.82) is 0 Å². The predicted octanol–water partition coefficient (Wildman–Crippen LogP) is 3.06. The lowest BCUT2D eigenvalue weighted by Crippen LogP contribution is -2.11. The number of carbonyl (C=O) groups excluding carboxylic acids is 2. The molecule has 0 N–H and O–H groups in total. The van der Waals surface area contributed by atoms with Gasteiger partial charge >= 0.3 is 5.97 Å². The number of ether oxygens (including phenoxy) is 1. The number of nitrogens with zero attached hydrogens (tertiary/aromatic N) is 4. The molecule has 1 heterocycles. The lowest BCUT2D eigenvalue weighted by atomic mass is 10.1. The molecule has 0 saturated heterocycles. The summed E-state index contributed by atoms with van der Waals surface area (Å²) in [6.45, 7) is 0. The first kappa shape index (κ1) is 17.8. The summed E-state index contributed by atoms with van der Waals surface area (Å²) >= 11 is 4.92. The highest BCUT2D eigenvalue weighted by Crippen LogP contribution is 2.26. The fourth-order valence-corrected chi connectivity index (χ4v) is 3.70. The van der Waals surface area contributed by atoms with E-state index in [-0.39, 0.29) is 5.78 Å². The van der Waals surface area contributed by atoms with Gasteiger partial charge in [0, 0.05) is 36.2 Å². The van der Waals surface area contributed by atoms with Gasteiger partial charge in [0.25, 0.3) is 0 Å². The lowest BCUT2D eigenvalue weighted by Gasteiger charge is -2.13. The second-order valence-electron chi connectivity index (χ2n) is 5.51. The maximum absolute atomic E-state index is 12.3. The molecule has 1 aromatic carbocycles. The largest absolute Gasteiger partial charge is 0.427 e. The molecule has 0 unspecified atom stereocenters. The average molecular weight is 423 g/mol. The minimum Gasteiger partial charge on any atom is -0.427 e. The Bertz CT molecular complexity index is 850. The minimum atomic E-state index is -0.468. The van der Waals surface area contributed by atoms with Gasteiger partial charge in [-0.25, -0.2) is 9.48 Å². The van der Waals surface area contributed by atoms with Gasteiger partial charge in [-0.3, -0.25) is 4.79 Å². The quantitative estimate of drug-likeness (QED) is 0.540. The Labute approximate surface area is 156 Å². The second-order valence-corrected chi connectivity index (χ2v) is 7.30. The summed E-state index contributed by atoms with van der Waals surface area (Å²) in [5.41, 5.74) is 1.44. The van der Waals surface area contributed by atoms with Crippen molar-refractivity contribution in [3.8, 4) is 0 Å². The van der Waals surface area contributed by atoms with Crippen LogP contribution in [0.3, 0.4) is 0 Å². The molecule has 25 heavy (non-hydrogen) atoms. The Hall–Kier alpha value is -2.00. The average Bonchev–Trinajstić information content (AvgIpc) is 2.98. The van der Waals surface area contributed by atoms with Gasteiger partial charge in [0.2, 0.25) is 5.16 Å². The van der Waals surface area contributed by atoms with Crippen LogP contribution in [0.15, 0.2) is 39.7 Å². The van der Waals surface area contributed by atoms with Gasteiger partial charge in [-0.2, -0.15) is 0 Å². The van der Waals surface area contributed by atoms with E-state index in [1.807, 2.05) is 12.1 Å². The van der Waals surface area contributed by atoms with Crippen molar-refractivity contribution in [3.63, 3.8) is 0 Å². The molecule has 0 atom stereocenters. The highest BCUT2D eigenvalue weighted by atomic mass is 79.9. The standard InChI is InChI=1S/C16H15BrN4O3S/c1-21-16(18-19-20-21)25-9-10-5-6-13(14(17)7-10)15(23)24-12-4-2-3-11(22)8-12/h5-8H,2-4,9H2,1H3. The van der Waals surface area contributed by atoms with Gasteiger partial charge in [-0.1, -0.05) is 17.8 Å². The normalized spacial score (nSPS) is 14.3. The molecule has 1 aliphatic rings. The number of esters is 1. The number of benzene rings is 1. The van der Waals surface area contributed by atoms with Crippen LogP contribution in [0.5, 0.6) is 0 Å². The number of hydrogen-bond donors (Lipinski definition) is 0. The highest BCUT2D eigenvalue weighted by Gasteiger charge is 2.18. The minimum absolute atomic E-state index is 0.00115. The van der Waals surface area contributed by atoms with Gasteiger partial charge in [-0.05, 0) is 50.5 Å². The zero-order valence-electron chi connectivity index (χ0n) is 13.4. The third kappa shape index (κ3) is 4.55. The van der Waals surface area contributed by atoms with E-state index in [9.17, 15) is 9.59 Å². The number of aromatic nitrogens is 4. The van der Waals surface area contributed by atoms with E-state index in [0.717, 1.165) is 5.56 Å². The molecule has 3 rings (SSSR count). The molecular weight excluding hydrogens is 408 g/mol. The molecule has 0 aliphatic heterocycles. The maximum atomic E-state index is 12.3. The Morgan fingerprint density at radius 3 is 2.92 bits per heavy atom. The Morgan fingerprint density at radius 1 is 1.40 bits per heavy atom. The highest BCUT2D eigenvalue weighted by molar-refractivity contribution is 9.10. The van der Waals surface area contributed by atoms with E-state index in [0.29, 0.717) is 46.0 Å². The van der Waals surface area contributed by atoms with Crippen LogP contribution in [0.4, 0.5) is 0 Å². The van der Waals surface area contributed by atoms with Crippen molar-refractivity contribution < 1.29 is 14.3 Å². The number of allylic oxidation sites excluding steroid dienone is 2. The van der Waals surface area contributed by atoms with E-state index in [4.69, 9.17) is 4.74 Å². The molecule has 7 nitrogen and oxygen atoms in total. The van der Waals surface area contributed by atoms with Gasteiger partial charge in [0.1, 0.15) is 5.76 Å². The summed E-state index contributed by atoms with van der Waals surface area (Å²) in [4.78, 5) is 23.7. The van der Waals surface area contributed by atoms with E-state index >= 15 is 0 Å². The first-order valence-corrected chi connectivity index (χ1v) is 9.40. The Morgan fingerprint density at radius 2 is 2.24 bits per heavy atom. The summed E-state index contributed by atoms with van der Waals surface area (Å²) in [7, 11) is 1.78. The molecule has 0 spiro atoms. The van der Waals surface area contributed by atoms with Gasteiger partial charge in [-0.15, -0.1) is 5.10 Å². The zero-order valence-corrected chi connectivity index (χ0v) is 15.8. The SMILES string of the molecule is Cn1nnnc1SCc1ccc(C(=O)OC2=CC(=O)CCC2)c(Br)c1. The summed E-state index contributed by atoms with van der Waals surface area (Å²) < 4.78 is 7.59. The molecule has 2 aromatic rings. The number of ketones is 1. The molecule has 1 aliphatic carbocycles. The first-order chi connectivity index (χ1) is 12.0. The molecule has 0 radical (unpaired) electrons. The Balaban J connectivity index is 1.66. The molecule has 0 bridgehead atoms. The second kappa shape index (κ2) is 7.92. The summed E-state index contributed by atoms with van der Waals surface area (Å²) in [6, 6.07) is 5.44. The number of carbonyl (C=O) groups is 2. The van der Waals surface area contributed by atoms with E-state index in [2.05, 4.69) is 31.5 Å². The van der Waals surface area contributed by atoms with Crippen LogP contribution in [0, 0.1) is 0 Å². The van der Waals surface area contributed by atoms with Crippen LogP contribution in [0.2, 0.25) is 0 Å². The van der Waals surface area contributed by atoms with Crippen LogP contribution in [0.25, 0.3) is 0 Å². The van der Waals surface area contributed by atoms with Crippen molar-refractivity contribution in [2.24, 2.45) is 7.05 Å². The van der Waals surface area contributed by atoms with Gasteiger partial charge in [0.15, 0.2) is 5.78 Å². The zero-order chi connectivity index (χ0) is 17.8. The van der Waals surface area contributed by atoms with Crippen molar-refractivity contribution in [1.82, 2.24) is 20.2 Å². The smallest absolute Gasteiger partial charge is 0.344 e. The number of tetrazole rings is 1. The summed E-state index contributed by atoms with van der Waals surface area (Å²) in [5, 5.41) is 12.0. The fourth-order valence-electron chi connectivity index (χ4n) is 2.32. The van der Waals surface area contributed by atoms with Crippen molar-refractivity contribution in [2.45, 2.75) is 30.2 Å². The fraction of sp³-hybridized carbons (Fsp3) is 0.312. The van der Waals surface area contributed by atoms with Crippen LogP contribution in [0.1, 0.15) is 35.2 Å². The molecule has 9 heteroatoms. The molecular formula is C16H15BrN4O3S. The predicted molar refractivity (Wildman–Crippen MR) is 94.9 cm³/mol. The van der Waals surface area contributed by atoms with E-state index < -0.39 is 5.97 Å². The van der Waals surface area contributed by atoms with Crippen LogP contribution in [-0.2, 0) is 22.3 Å². The Kier molecular flexibility index (Phi) is 5.64. The van der Waals surface area contributed by atoms with Crippen LogP contribution in [-0.4, -0.2) is 32.0 Å². The number of thioether (sulfide) groups is 1. The first-order valence-electron chi connectivity index (χ1n) is 7.62. The number of rotatable bonds is 5. The molecule has 130 valence electrons. The topological polar surface area (TPSA) is 87.0 Å². The van der Waals surface area contributed by atoms with Crippen LogP contribution >= 0.6 is 27.7 Å². The number of hydrogen-bond acceptors (Lipinski definition) is 7. The van der Waals surface area contributed by atoms with Crippen molar-refractivity contribution in [2.75, 3.05) is 0 Å². The summed E-state index contributed by atoms with van der Waals surface area (Å²) in [6.07, 6.45) is 3.25. The molecule has 0 saturated carbocycles. The lowest BCUT2D eigenvalue weighted by molar-refractivity contribution is -0.115. The monoisotopic (exact) mass is 422 g/mol. The maximum Gasteiger partial charge on any atom is 0.344 e. The van der Waals surface area contributed by atoms with Gasteiger partial charge in [0.05, 0.1) is 5.56 Å². The summed E-state index contributed by atoms with van der Waals surface area (Å²) in [5.74, 6) is 0.632. The molecule has 1 aromatic heterocycles. The van der Waals surface area contributed by atoms with E-state index in [1.165, 1.54) is 17.8 Å². The molecule has 0 amide bonds.